The predicted octanol–water partition coefficient (Wildman–Crippen LogP) is 2.87. The lowest BCUT2D eigenvalue weighted by Crippen LogP contribution is -2.55. The molecule has 0 bridgehead atoms. The number of amides is 2. The van der Waals surface area contributed by atoms with Crippen molar-refractivity contribution >= 4 is 23.9 Å². The van der Waals surface area contributed by atoms with Gasteiger partial charge in [-0.3, -0.25) is 14.4 Å². The van der Waals surface area contributed by atoms with Crippen molar-refractivity contribution in [3.8, 4) is 11.4 Å². The minimum Gasteiger partial charge on any atom is -0.481 e. The molecule has 13 heteroatoms. The summed E-state index contributed by atoms with van der Waals surface area (Å²) in [7, 11) is 1.65. The van der Waals surface area contributed by atoms with Gasteiger partial charge in [-0.25, -0.2) is 14.8 Å². The zero-order chi connectivity index (χ0) is 30.8. The predicted molar refractivity (Wildman–Crippen MR) is 154 cm³/mol. The number of methoxy groups -OCH3 is 1. The number of benzene rings is 1. The summed E-state index contributed by atoms with van der Waals surface area (Å²) in [5, 5.41) is 13.5. The van der Waals surface area contributed by atoms with Crippen LogP contribution in [0.15, 0.2) is 36.4 Å². The average molecular weight is 598 g/mol. The monoisotopic (exact) mass is 597 g/mol. The number of carbonyl (C=O) groups is 4. The summed E-state index contributed by atoms with van der Waals surface area (Å²) in [6.07, 6.45) is 1.30. The van der Waals surface area contributed by atoms with Gasteiger partial charge in [0.05, 0.1) is 19.7 Å². The molecule has 4 rings (SSSR count). The summed E-state index contributed by atoms with van der Waals surface area (Å²) < 4.78 is 10.3. The first-order chi connectivity index (χ1) is 20.8. The van der Waals surface area contributed by atoms with E-state index in [1.165, 1.54) is 9.96 Å². The minimum absolute atomic E-state index is 0.0948. The number of hydrogen-bond donors (Lipinski definition) is 2. The Morgan fingerprint density at radius 3 is 2.51 bits per heavy atom. The Bertz CT molecular complexity index is 1270. The van der Waals surface area contributed by atoms with Crippen LogP contribution in [0.2, 0.25) is 0 Å². The Labute approximate surface area is 250 Å². The van der Waals surface area contributed by atoms with Crippen molar-refractivity contribution in [2.45, 2.75) is 51.0 Å². The van der Waals surface area contributed by atoms with Gasteiger partial charge in [-0.05, 0) is 31.2 Å². The number of piperazine rings is 1. The molecule has 13 nitrogen and oxygen atoms in total. The maximum Gasteiger partial charge on any atom is 0.527 e. The van der Waals surface area contributed by atoms with Crippen LogP contribution in [0.25, 0.3) is 11.4 Å². The van der Waals surface area contributed by atoms with Gasteiger partial charge in [-0.15, -0.1) is 5.06 Å². The fourth-order valence-electron chi connectivity index (χ4n) is 4.91. The van der Waals surface area contributed by atoms with Crippen LogP contribution in [-0.4, -0.2) is 102 Å². The Hall–Kier alpha value is -4.10. The third kappa shape index (κ3) is 9.19. The molecule has 1 aromatic heterocycles. The fourth-order valence-corrected chi connectivity index (χ4v) is 4.91. The zero-order valence-electron chi connectivity index (χ0n) is 24.6. The normalized spacial score (nSPS) is 18.9. The molecule has 232 valence electrons. The first-order valence-corrected chi connectivity index (χ1v) is 14.6. The number of carbonyl (C=O) groups excluding carboxylic acids is 3. The molecule has 2 aromatic rings. The largest absolute Gasteiger partial charge is 0.527 e. The average Bonchev–Trinajstić information content (AvgIpc) is 3.79. The third-order valence-electron chi connectivity index (χ3n) is 7.42. The number of ether oxygens (including phenoxy) is 2. The van der Waals surface area contributed by atoms with Crippen LogP contribution >= 0.6 is 0 Å². The fraction of sp³-hybridized carbons (Fsp3) is 0.533. The van der Waals surface area contributed by atoms with Crippen LogP contribution in [0.3, 0.4) is 0 Å². The number of carboxylic acids is 1. The molecule has 2 amide bonds. The molecular formula is C30H39N5O8. The Kier molecular flexibility index (Phi) is 11.4. The van der Waals surface area contributed by atoms with Gasteiger partial charge in [-0.2, -0.15) is 0 Å². The first-order valence-electron chi connectivity index (χ1n) is 14.6. The molecule has 0 radical (unpaired) electrons. The third-order valence-corrected chi connectivity index (χ3v) is 7.42. The van der Waals surface area contributed by atoms with Crippen LogP contribution < -0.4 is 5.32 Å². The zero-order valence-corrected chi connectivity index (χ0v) is 24.6. The quantitative estimate of drug-likeness (QED) is 0.243. The van der Waals surface area contributed by atoms with Gasteiger partial charge in [0.15, 0.2) is 5.82 Å². The van der Waals surface area contributed by atoms with E-state index in [4.69, 9.17) is 19.3 Å². The van der Waals surface area contributed by atoms with Crippen LogP contribution in [-0.2, 0) is 23.9 Å². The van der Waals surface area contributed by atoms with Crippen molar-refractivity contribution in [2.75, 3.05) is 46.5 Å². The second kappa shape index (κ2) is 15.4. The van der Waals surface area contributed by atoms with Gasteiger partial charge in [0, 0.05) is 50.4 Å². The van der Waals surface area contributed by atoms with Gasteiger partial charge >= 0.3 is 12.1 Å². The highest BCUT2D eigenvalue weighted by molar-refractivity contribution is 5.96. The van der Waals surface area contributed by atoms with Crippen LogP contribution in [0.1, 0.15) is 61.1 Å². The molecule has 1 saturated carbocycles. The molecule has 43 heavy (non-hydrogen) atoms. The molecule has 2 heterocycles. The van der Waals surface area contributed by atoms with Crippen LogP contribution in [0.4, 0.5) is 4.79 Å². The lowest BCUT2D eigenvalue weighted by atomic mass is 10.1. The van der Waals surface area contributed by atoms with Crippen LogP contribution in [0.5, 0.6) is 0 Å². The van der Waals surface area contributed by atoms with E-state index in [0.29, 0.717) is 18.3 Å². The summed E-state index contributed by atoms with van der Waals surface area (Å²) in [5.74, 6) is -1.27. The maximum atomic E-state index is 13.5. The summed E-state index contributed by atoms with van der Waals surface area (Å²) in [6.45, 7) is 3.77. The topological polar surface area (TPSA) is 160 Å². The first kappa shape index (κ1) is 31.8. The number of rotatable bonds is 14. The lowest BCUT2D eigenvalue weighted by Gasteiger charge is -2.35. The molecule has 3 atom stereocenters. The molecule has 2 N–H and O–H groups in total. The van der Waals surface area contributed by atoms with Gasteiger partial charge in [0.1, 0.15) is 11.7 Å². The Balaban J connectivity index is 1.45. The Morgan fingerprint density at radius 1 is 1.09 bits per heavy atom. The number of hydrogen-bond acceptors (Lipinski definition) is 10. The molecule has 1 aromatic carbocycles. The second-order valence-electron chi connectivity index (χ2n) is 10.7. The standard InChI is InChI=1S/C30H39N5O8/c1-3-4-16-42-30(40)43-35-14-12-34(13-15-35)29(39)23(10-11-26(36)37)33-28(38)25-18-24(22-17-21(22)19-41-2)31-27(32-25)20-8-6-5-7-9-20/h5-9,18,21-23H,3-4,10-17,19H2,1-2H3,(H,33,38)(H,36,37)/t21-,22+,23-/m0/s1. The number of aromatic nitrogens is 2. The summed E-state index contributed by atoms with van der Waals surface area (Å²) in [4.78, 5) is 66.2. The number of unbranched alkanes of at least 4 members (excludes halogenated alkanes) is 1. The molecule has 0 unspecified atom stereocenters. The highest BCUT2D eigenvalue weighted by Crippen LogP contribution is 2.47. The molecule has 0 spiro atoms. The van der Waals surface area contributed by atoms with E-state index in [0.717, 1.165) is 30.5 Å². The Morgan fingerprint density at radius 2 is 1.84 bits per heavy atom. The molecular weight excluding hydrogens is 558 g/mol. The number of aliphatic carboxylic acids is 1. The van der Waals surface area contributed by atoms with E-state index in [9.17, 15) is 24.3 Å². The van der Waals surface area contributed by atoms with E-state index in [-0.39, 0.29) is 57.2 Å². The molecule has 1 aliphatic heterocycles. The molecule has 1 saturated heterocycles. The van der Waals surface area contributed by atoms with E-state index in [2.05, 4.69) is 10.3 Å². The number of carboxylic acid groups (broad SMARTS) is 1. The van der Waals surface area contributed by atoms with E-state index >= 15 is 0 Å². The summed E-state index contributed by atoms with van der Waals surface area (Å²) in [6, 6.07) is 9.85. The number of nitrogens with zero attached hydrogens (tertiary/aromatic N) is 4. The highest BCUT2D eigenvalue weighted by Gasteiger charge is 2.40. The smallest absolute Gasteiger partial charge is 0.481 e. The summed E-state index contributed by atoms with van der Waals surface area (Å²) in [5.41, 5.74) is 1.56. The molecule has 2 aliphatic rings. The number of hydroxylamine groups is 2. The van der Waals surface area contributed by atoms with Crippen molar-refractivity contribution < 1.29 is 38.6 Å². The maximum absolute atomic E-state index is 13.5. The molecule has 2 fully saturated rings. The summed E-state index contributed by atoms with van der Waals surface area (Å²) >= 11 is 0. The van der Waals surface area contributed by atoms with E-state index < -0.39 is 30.0 Å². The second-order valence-corrected chi connectivity index (χ2v) is 10.7. The van der Waals surface area contributed by atoms with Crippen molar-refractivity contribution in [3.05, 3.63) is 47.8 Å². The van der Waals surface area contributed by atoms with Crippen LogP contribution in [0, 0.1) is 5.92 Å². The van der Waals surface area contributed by atoms with Gasteiger partial charge in [0.25, 0.3) is 5.91 Å². The van der Waals surface area contributed by atoms with Gasteiger partial charge < -0.3 is 29.6 Å². The van der Waals surface area contributed by atoms with Crippen molar-refractivity contribution in [1.29, 1.82) is 0 Å². The van der Waals surface area contributed by atoms with E-state index in [1.807, 2.05) is 37.3 Å². The van der Waals surface area contributed by atoms with Crippen molar-refractivity contribution in [2.24, 2.45) is 5.92 Å². The SMILES string of the molecule is CCCCOC(=O)ON1CCN(C(=O)[C@H](CCC(=O)O)NC(=O)c2cc([C@@H]3C[C@H]3COC)nc(-c3ccccc3)n2)CC1. The van der Waals surface area contributed by atoms with Gasteiger partial charge in [-0.1, -0.05) is 43.7 Å². The van der Waals surface area contributed by atoms with Crippen molar-refractivity contribution in [3.63, 3.8) is 0 Å². The molecule has 1 aliphatic carbocycles. The highest BCUT2D eigenvalue weighted by atomic mass is 16.8. The van der Waals surface area contributed by atoms with E-state index in [1.54, 1.807) is 13.2 Å². The number of nitrogens with one attached hydrogen (secondary N) is 1. The van der Waals surface area contributed by atoms with Crippen molar-refractivity contribution in [1.82, 2.24) is 25.2 Å². The van der Waals surface area contributed by atoms with Gasteiger partial charge in [0.2, 0.25) is 5.91 Å². The minimum atomic E-state index is -1.09. The lowest BCUT2D eigenvalue weighted by molar-refractivity contribution is -0.158.